The molecule has 148 valence electrons. The fraction of sp³-hybridized carbons (Fsp3) is 0.333. The van der Waals surface area contributed by atoms with Crippen molar-refractivity contribution in [3.8, 4) is 0 Å². The molecule has 4 rings (SSSR count). The number of halogens is 1. The smallest absolute Gasteiger partial charge is 0.268 e. The summed E-state index contributed by atoms with van der Waals surface area (Å²) in [6.07, 6.45) is 1.71. The summed E-state index contributed by atoms with van der Waals surface area (Å²) in [7, 11) is -1.54. The Morgan fingerprint density at radius 3 is 2.50 bits per heavy atom. The van der Waals surface area contributed by atoms with Gasteiger partial charge in [0.25, 0.3) is 10.0 Å². The van der Waals surface area contributed by atoms with Gasteiger partial charge in [0.1, 0.15) is 0 Å². The van der Waals surface area contributed by atoms with E-state index in [9.17, 15) is 8.42 Å². The number of fused-ring (bicyclic) bond motifs is 1. The molecule has 2 aromatic carbocycles. The highest BCUT2D eigenvalue weighted by molar-refractivity contribution is 9.10. The number of aryl methyl sites for hydroxylation is 1. The molecule has 2 heterocycles. The summed E-state index contributed by atoms with van der Waals surface area (Å²) in [5.41, 5.74) is 2.66. The van der Waals surface area contributed by atoms with Crippen molar-refractivity contribution in [2.24, 2.45) is 0 Å². The van der Waals surface area contributed by atoms with Gasteiger partial charge in [-0.25, -0.2) is 12.4 Å². The van der Waals surface area contributed by atoms with Gasteiger partial charge in [0.15, 0.2) is 0 Å². The Kier molecular flexibility index (Phi) is 5.35. The number of aromatic nitrogens is 1. The Morgan fingerprint density at radius 1 is 1.04 bits per heavy atom. The summed E-state index contributed by atoms with van der Waals surface area (Å²) in [4.78, 5) is 5.00. The SMILES string of the molecule is Cc1cn(S(=O)(=O)c2ccc(Br)c(CN3CCN(C)CC3)c2)c2ccccc12. The molecule has 0 amide bonds. The second-order valence-corrected chi connectivity index (χ2v) is 10.1. The number of benzene rings is 2. The van der Waals surface area contributed by atoms with Crippen LogP contribution in [-0.2, 0) is 16.6 Å². The van der Waals surface area contributed by atoms with E-state index in [1.807, 2.05) is 43.3 Å². The number of para-hydroxylation sites is 1. The van der Waals surface area contributed by atoms with Gasteiger partial charge in [0, 0.05) is 48.8 Å². The normalized spacial score (nSPS) is 16.7. The van der Waals surface area contributed by atoms with Gasteiger partial charge < -0.3 is 4.90 Å². The maximum absolute atomic E-state index is 13.4. The topological polar surface area (TPSA) is 45.6 Å². The van der Waals surface area contributed by atoms with Crippen molar-refractivity contribution in [1.29, 1.82) is 0 Å². The predicted molar refractivity (Wildman–Crippen MR) is 116 cm³/mol. The first-order valence-corrected chi connectivity index (χ1v) is 11.6. The minimum absolute atomic E-state index is 0.320. The van der Waals surface area contributed by atoms with Crippen LogP contribution in [0.2, 0.25) is 0 Å². The lowest BCUT2D eigenvalue weighted by atomic mass is 10.2. The predicted octanol–water partition coefficient (Wildman–Crippen LogP) is 3.70. The Labute approximate surface area is 174 Å². The number of hydrogen-bond acceptors (Lipinski definition) is 4. The number of nitrogens with zero attached hydrogens (tertiary/aromatic N) is 3. The van der Waals surface area contributed by atoms with Gasteiger partial charge in [-0.2, -0.15) is 0 Å². The van der Waals surface area contributed by atoms with E-state index >= 15 is 0 Å². The van der Waals surface area contributed by atoms with Crippen LogP contribution in [-0.4, -0.2) is 55.4 Å². The van der Waals surface area contributed by atoms with Gasteiger partial charge in [0.2, 0.25) is 0 Å². The van der Waals surface area contributed by atoms with Gasteiger partial charge in [-0.3, -0.25) is 4.90 Å². The first kappa shape index (κ1) is 19.6. The van der Waals surface area contributed by atoms with E-state index in [1.165, 1.54) is 3.97 Å². The van der Waals surface area contributed by atoms with Crippen molar-refractivity contribution in [3.63, 3.8) is 0 Å². The second-order valence-electron chi connectivity index (χ2n) is 7.46. The third-order valence-electron chi connectivity index (χ3n) is 5.44. The zero-order chi connectivity index (χ0) is 19.9. The van der Waals surface area contributed by atoms with Crippen LogP contribution < -0.4 is 0 Å². The molecule has 0 unspecified atom stereocenters. The summed E-state index contributed by atoms with van der Waals surface area (Å²) in [5.74, 6) is 0. The molecule has 28 heavy (non-hydrogen) atoms. The Balaban J connectivity index is 1.70. The molecule has 0 atom stereocenters. The van der Waals surface area contributed by atoms with Crippen molar-refractivity contribution in [3.05, 3.63) is 64.3 Å². The minimum Gasteiger partial charge on any atom is -0.304 e. The van der Waals surface area contributed by atoms with Crippen molar-refractivity contribution >= 4 is 36.9 Å². The summed E-state index contributed by atoms with van der Waals surface area (Å²) < 4.78 is 29.1. The minimum atomic E-state index is -3.66. The summed E-state index contributed by atoms with van der Waals surface area (Å²) in [6, 6.07) is 12.9. The lowest BCUT2D eigenvalue weighted by Gasteiger charge is -2.32. The van der Waals surface area contributed by atoms with E-state index in [2.05, 4.69) is 32.8 Å². The fourth-order valence-electron chi connectivity index (χ4n) is 3.71. The summed E-state index contributed by atoms with van der Waals surface area (Å²) in [5, 5.41) is 0.959. The average molecular weight is 462 g/mol. The Morgan fingerprint density at radius 2 is 1.75 bits per heavy atom. The number of hydrogen-bond donors (Lipinski definition) is 0. The van der Waals surface area contributed by atoms with Crippen molar-refractivity contribution in [2.75, 3.05) is 33.2 Å². The van der Waals surface area contributed by atoms with Gasteiger partial charge in [0.05, 0.1) is 10.4 Å². The van der Waals surface area contributed by atoms with Gasteiger partial charge in [-0.15, -0.1) is 0 Å². The molecule has 1 aliphatic heterocycles. The lowest BCUT2D eigenvalue weighted by Crippen LogP contribution is -2.43. The molecule has 0 aliphatic carbocycles. The number of rotatable bonds is 4. The van der Waals surface area contributed by atoms with Crippen LogP contribution in [0.1, 0.15) is 11.1 Å². The second kappa shape index (κ2) is 7.63. The maximum Gasteiger partial charge on any atom is 0.268 e. The summed E-state index contributed by atoms with van der Waals surface area (Å²) in [6.45, 7) is 6.72. The van der Waals surface area contributed by atoms with Crippen molar-refractivity contribution in [2.45, 2.75) is 18.4 Å². The van der Waals surface area contributed by atoms with E-state index in [0.717, 1.165) is 53.7 Å². The molecule has 0 N–H and O–H groups in total. The van der Waals surface area contributed by atoms with Crippen LogP contribution in [0.25, 0.3) is 10.9 Å². The van der Waals surface area contributed by atoms with E-state index in [-0.39, 0.29) is 0 Å². The van der Waals surface area contributed by atoms with Crippen LogP contribution in [0.4, 0.5) is 0 Å². The van der Waals surface area contributed by atoms with Gasteiger partial charge in [-0.1, -0.05) is 34.1 Å². The molecule has 1 fully saturated rings. The fourth-order valence-corrected chi connectivity index (χ4v) is 5.55. The highest BCUT2D eigenvalue weighted by Gasteiger charge is 2.22. The standard InChI is InChI=1S/C21H24BrN3O2S/c1-16-14-25(21-6-4-3-5-19(16)21)28(26,27)18-7-8-20(22)17(13-18)15-24-11-9-23(2)10-12-24/h3-8,13-14H,9-12,15H2,1-2H3. The number of piperazine rings is 1. The van der Waals surface area contributed by atoms with Crippen LogP contribution in [0.3, 0.4) is 0 Å². The number of likely N-dealkylation sites (N-methyl/N-ethyl adjacent to an activating group) is 1. The molecule has 0 spiro atoms. The third kappa shape index (κ3) is 3.64. The first-order chi connectivity index (χ1) is 13.4. The largest absolute Gasteiger partial charge is 0.304 e. The molecular formula is C21H24BrN3O2S. The lowest BCUT2D eigenvalue weighted by molar-refractivity contribution is 0.148. The monoisotopic (exact) mass is 461 g/mol. The van der Waals surface area contributed by atoms with Crippen molar-refractivity contribution in [1.82, 2.24) is 13.8 Å². The molecule has 1 aromatic heterocycles. The molecular weight excluding hydrogens is 438 g/mol. The highest BCUT2D eigenvalue weighted by atomic mass is 79.9. The highest BCUT2D eigenvalue weighted by Crippen LogP contribution is 2.28. The molecule has 3 aromatic rings. The average Bonchev–Trinajstić information content (AvgIpc) is 3.03. The van der Waals surface area contributed by atoms with E-state index in [0.29, 0.717) is 10.4 Å². The van der Waals surface area contributed by atoms with Gasteiger partial charge in [-0.05, 0) is 49.4 Å². The zero-order valence-electron chi connectivity index (χ0n) is 16.1. The zero-order valence-corrected chi connectivity index (χ0v) is 18.5. The molecule has 0 radical (unpaired) electrons. The first-order valence-electron chi connectivity index (χ1n) is 9.38. The molecule has 1 saturated heterocycles. The van der Waals surface area contributed by atoms with Crippen LogP contribution in [0, 0.1) is 6.92 Å². The van der Waals surface area contributed by atoms with E-state index < -0.39 is 10.0 Å². The van der Waals surface area contributed by atoms with Crippen LogP contribution in [0.15, 0.2) is 58.0 Å². The van der Waals surface area contributed by atoms with E-state index in [1.54, 1.807) is 12.3 Å². The Bertz CT molecular complexity index is 1120. The summed E-state index contributed by atoms with van der Waals surface area (Å²) >= 11 is 3.60. The van der Waals surface area contributed by atoms with Gasteiger partial charge >= 0.3 is 0 Å². The third-order valence-corrected chi connectivity index (χ3v) is 7.88. The van der Waals surface area contributed by atoms with Crippen LogP contribution in [0.5, 0.6) is 0 Å². The van der Waals surface area contributed by atoms with Crippen LogP contribution >= 0.6 is 15.9 Å². The molecule has 1 aliphatic rings. The Hall–Kier alpha value is -1.67. The van der Waals surface area contributed by atoms with Crippen molar-refractivity contribution < 1.29 is 8.42 Å². The molecule has 0 bridgehead atoms. The van der Waals surface area contributed by atoms with E-state index in [4.69, 9.17) is 0 Å². The molecule has 7 heteroatoms. The maximum atomic E-state index is 13.4. The molecule has 0 saturated carbocycles. The quantitative estimate of drug-likeness (QED) is 0.594. The molecule has 5 nitrogen and oxygen atoms in total.